The van der Waals surface area contributed by atoms with Crippen molar-refractivity contribution in [2.75, 3.05) is 13.1 Å². The third-order valence-electron chi connectivity index (χ3n) is 1.44. The molecule has 2 nitrogen and oxygen atoms in total. The first-order chi connectivity index (χ1) is 4.81. The van der Waals surface area contributed by atoms with Crippen LogP contribution in [0.4, 0.5) is 0 Å². The van der Waals surface area contributed by atoms with Gasteiger partial charge in [0.25, 0.3) is 0 Å². The Balaban J connectivity index is 3.04. The predicted octanol–water partition coefficient (Wildman–Crippen LogP) is 0.889. The molecule has 0 saturated heterocycles. The molecule has 0 spiro atoms. The zero-order valence-electron chi connectivity index (χ0n) is 6.77. The van der Waals surface area contributed by atoms with Crippen LogP contribution in [0.1, 0.15) is 19.8 Å². The van der Waals surface area contributed by atoms with Crippen molar-refractivity contribution < 1.29 is 0 Å². The lowest BCUT2D eigenvalue weighted by Gasteiger charge is -2.10. The van der Waals surface area contributed by atoms with E-state index in [2.05, 4.69) is 18.8 Å². The molecule has 0 aromatic heterocycles. The SMILES string of the molecule is C=CCCNC(C)CCN. The van der Waals surface area contributed by atoms with Gasteiger partial charge in [-0.3, -0.25) is 0 Å². The van der Waals surface area contributed by atoms with E-state index in [1.807, 2.05) is 6.08 Å². The fourth-order valence-electron chi connectivity index (χ4n) is 0.784. The van der Waals surface area contributed by atoms with Crippen LogP contribution in [0.3, 0.4) is 0 Å². The standard InChI is InChI=1S/C8H18N2/c1-3-4-7-10-8(2)5-6-9/h3,8,10H,1,4-7,9H2,2H3. The Morgan fingerprint density at radius 3 is 2.90 bits per heavy atom. The van der Waals surface area contributed by atoms with E-state index < -0.39 is 0 Å². The van der Waals surface area contributed by atoms with Gasteiger partial charge in [0.2, 0.25) is 0 Å². The van der Waals surface area contributed by atoms with E-state index in [0.29, 0.717) is 6.04 Å². The van der Waals surface area contributed by atoms with E-state index in [1.165, 1.54) is 0 Å². The Kier molecular flexibility index (Phi) is 6.55. The number of hydrogen-bond donors (Lipinski definition) is 2. The van der Waals surface area contributed by atoms with Crippen LogP contribution in [0.15, 0.2) is 12.7 Å². The first kappa shape index (κ1) is 9.66. The summed E-state index contributed by atoms with van der Waals surface area (Å²) in [6.07, 6.45) is 4.01. The highest BCUT2D eigenvalue weighted by Crippen LogP contribution is 1.87. The molecule has 1 atom stereocenters. The van der Waals surface area contributed by atoms with Gasteiger partial charge < -0.3 is 11.1 Å². The summed E-state index contributed by atoms with van der Waals surface area (Å²) >= 11 is 0. The number of rotatable bonds is 6. The monoisotopic (exact) mass is 142 g/mol. The summed E-state index contributed by atoms with van der Waals surface area (Å²) in [5.74, 6) is 0. The lowest BCUT2D eigenvalue weighted by atomic mass is 10.2. The first-order valence-corrected chi connectivity index (χ1v) is 3.85. The minimum Gasteiger partial charge on any atom is -0.330 e. The summed E-state index contributed by atoms with van der Waals surface area (Å²) in [4.78, 5) is 0. The van der Waals surface area contributed by atoms with E-state index in [9.17, 15) is 0 Å². The van der Waals surface area contributed by atoms with Crippen LogP contribution in [0.2, 0.25) is 0 Å². The van der Waals surface area contributed by atoms with Crippen LogP contribution in [0.5, 0.6) is 0 Å². The summed E-state index contributed by atoms with van der Waals surface area (Å²) in [5, 5.41) is 3.33. The molecule has 0 aliphatic carbocycles. The maximum Gasteiger partial charge on any atom is 0.00508 e. The lowest BCUT2D eigenvalue weighted by molar-refractivity contribution is 0.526. The minimum atomic E-state index is 0.546. The molecule has 0 bridgehead atoms. The summed E-state index contributed by atoms with van der Waals surface area (Å²) in [5.41, 5.74) is 5.37. The van der Waals surface area contributed by atoms with E-state index >= 15 is 0 Å². The maximum absolute atomic E-state index is 5.37. The Hall–Kier alpha value is -0.340. The molecule has 0 heterocycles. The molecule has 0 rings (SSSR count). The third kappa shape index (κ3) is 5.79. The molecule has 0 aromatic rings. The molecule has 0 fully saturated rings. The molecular weight excluding hydrogens is 124 g/mol. The molecule has 3 N–H and O–H groups in total. The average molecular weight is 142 g/mol. The number of nitrogens with two attached hydrogens (primary N) is 1. The Morgan fingerprint density at radius 1 is 1.70 bits per heavy atom. The van der Waals surface area contributed by atoms with Crippen LogP contribution in [0.25, 0.3) is 0 Å². The fraction of sp³-hybridized carbons (Fsp3) is 0.750. The highest BCUT2D eigenvalue weighted by atomic mass is 14.9. The molecule has 1 unspecified atom stereocenters. The molecule has 0 radical (unpaired) electrons. The molecule has 0 aliphatic rings. The molecule has 0 aromatic carbocycles. The van der Waals surface area contributed by atoms with Gasteiger partial charge in [0, 0.05) is 6.04 Å². The Bertz CT molecular complexity index is 81.3. The van der Waals surface area contributed by atoms with Crippen LogP contribution in [-0.4, -0.2) is 19.1 Å². The highest BCUT2D eigenvalue weighted by Gasteiger charge is 1.95. The molecule has 0 amide bonds. The van der Waals surface area contributed by atoms with E-state index in [1.54, 1.807) is 0 Å². The zero-order chi connectivity index (χ0) is 7.82. The summed E-state index contributed by atoms with van der Waals surface area (Å²) in [6.45, 7) is 7.57. The second-order valence-corrected chi connectivity index (χ2v) is 2.51. The molecular formula is C8H18N2. The van der Waals surface area contributed by atoms with Gasteiger partial charge in [0.15, 0.2) is 0 Å². The first-order valence-electron chi connectivity index (χ1n) is 3.85. The fourth-order valence-corrected chi connectivity index (χ4v) is 0.784. The van der Waals surface area contributed by atoms with Crippen molar-refractivity contribution in [3.63, 3.8) is 0 Å². The number of nitrogens with one attached hydrogen (secondary N) is 1. The van der Waals surface area contributed by atoms with Crippen molar-refractivity contribution in [1.29, 1.82) is 0 Å². The van der Waals surface area contributed by atoms with Gasteiger partial charge in [-0.2, -0.15) is 0 Å². The maximum atomic E-state index is 5.37. The van der Waals surface area contributed by atoms with Crippen LogP contribution in [-0.2, 0) is 0 Å². The van der Waals surface area contributed by atoms with Gasteiger partial charge in [-0.1, -0.05) is 6.08 Å². The second-order valence-electron chi connectivity index (χ2n) is 2.51. The number of hydrogen-bond acceptors (Lipinski definition) is 2. The van der Waals surface area contributed by atoms with Gasteiger partial charge >= 0.3 is 0 Å². The molecule has 2 heteroatoms. The largest absolute Gasteiger partial charge is 0.330 e. The van der Waals surface area contributed by atoms with Crippen LogP contribution in [0, 0.1) is 0 Å². The second kappa shape index (κ2) is 6.78. The summed E-state index contributed by atoms with van der Waals surface area (Å²) in [7, 11) is 0. The minimum absolute atomic E-state index is 0.546. The lowest BCUT2D eigenvalue weighted by Crippen LogP contribution is -2.28. The topological polar surface area (TPSA) is 38.0 Å². The smallest absolute Gasteiger partial charge is 0.00508 e. The average Bonchev–Trinajstić information content (AvgIpc) is 1.89. The van der Waals surface area contributed by atoms with Crippen molar-refractivity contribution in [3.8, 4) is 0 Å². The van der Waals surface area contributed by atoms with E-state index in [0.717, 1.165) is 25.9 Å². The Labute approximate surface area is 63.5 Å². The summed E-state index contributed by atoms with van der Waals surface area (Å²) in [6, 6.07) is 0.546. The van der Waals surface area contributed by atoms with E-state index in [4.69, 9.17) is 5.73 Å². The zero-order valence-corrected chi connectivity index (χ0v) is 6.77. The quantitative estimate of drug-likeness (QED) is 0.427. The summed E-state index contributed by atoms with van der Waals surface area (Å²) < 4.78 is 0. The van der Waals surface area contributed by atoms with Gasteiger partial charge in [-0.15, -0.1) is 6.58 Å². The molecule has 0 saturated carbocycles. The van der Waals surface area contributed by atoms with Gasteiger partial charge in [0.05, 0.1) is 0 Å². The third-order valence-corrected chi connectivity index (χ3v) is 1.44. The Morgan fingerprint density at radius 2 is 2.40 bits per heavy atom. The molecule has 0 aliphatic heterocycles. The molecule has 10 heavy (non-hydrogen) atoms. The van der Waals surface area contributed by atoms with Crippen molar-refractivity contribution in [2.45, 2.75) is 25.8 Å². The van der Waals surface area contributed by atoms with Crippen LogP contribution >= 0.6 is 0 Å². The normalized spacial score (nSPS) is 13.0. The van der Waals surface area contributed by atoms with Crippen molar-refractivity contribution >= 4 is 0 Å². The van der Waals surface area contributed by atoms with Crippen LogP contribution < -0.4 is 11.1 Å². The van der Waals surface area contributed by atoms with Crippen molar-refractivity contribution in [3.05, 3.63) is 12.7 Å². The van der Waals surface area contributed by atoms with Gasteiger partial charge in [0.1, 0.15) is 0 Å². The predicted molar refractivity (Wildman–Crippen MR) is 46.0 cm³/mol. The van der Waals surface area contributed by atoms with Crippen molar-refractivity contribution in [1.82, 2.24) is 5.32 Å². The van der Waals surface area contributed by atoms with Gasteiger partial charge in [-0.05, 0) is 32.9 Å². The highest BCUT2D eigenvalue weighted by molar-refractivity contribution is 4.69. The van der Waals surface area contributed by atoms with E-state index in [-0.39, 0.29) is 0 Å². The van der Waals surface area contributed by atoms with Gasteiger partial charge in [-0.25, -0.2) is 0 Å². The molecule has 60 valence electrons. The van der Waals surface area contributed by atoms with Crippen molar-refractivity contribution in [2.24, 2.45) is 5.73 Å².